The summed E-state index contributed by atoms with van der Waals surface area (Å²) in [6, 6.07) is -0.695. The summed E-state index contributed by atoms with van der Waals surface area (Å²) in [4.78, 5) is 26.6. The summed E-state index contributed by atoms with van der Waals surface area (Å²) in [5, 5.41) is 15.5. The molecule has 6 heteroatoms. The van der Waals surface area contributed by atoms with Crippen molar-refractivity contribution < 1.29 is 14.7 Å². The van der Waals surface area contributed by atoms with Gasteiger partial charge in [0.25, 0.3) is 0 Å². The quantitative estimate of drug-likeness (QED) is 0.610. The molecule has 4 aliphatic rings. The average molecular weight is 361 g/mol. The van der Waals surface area contributed by atoms with E-state index in [0.29, 0.717) is 0 Å². The van der Waals surface area contributed by atoms with Crippen molar-refractivity contribution in [3.63, 3.8) is 0 Å². The fraction of sp³-hybridized carbons (Fsp3) is 0.800. The molecule has 2 amide bonds. The van der Waals surface area contributed by atoms with E-state index in [0.717, 1.165) is 38.8 Å². The molecule has 4 unspecified atom stereocenters. The van der Waals surface area contributed by atoms with Crippen LogP contribution in [0.1, 0.15) is 51.4 Å². The predicted molar refractivity (Wildman–Crippen MR) is 97.8 cm³/mol. The van der Waals surface area contributed by atoms with Crippen molar-refractivity contribution in [3.05, 3.63) is 12.2 Å². The van der Waals surface area contributed by atoms with Crippen LogP contribution in [0.5, 0.6) is 0 Å². The minimum Gasteiger partial charge on any atom is -0.391 e. The van der Waals surface area contributed by atoms with Crippen molar-refractivity contribution >= 4 is 11.8 Å². The molecule has 0 aromatic rings. The molecule has 3 aliphatic heterocycles. The van der Waals surface area contributed by atoms with Crippen molar-refractivity contribution in [2.75, 3.05) is 20.1 Å². The summed E-state index contributed by atoms with van der Waals surface area (Å²) in [5.41, 5.74) is 0. The number of hydrogen-bond donors (Lipinski definition) is 1. The zero-order valence-electron chi connectivity index (χ0n) is 15.7. The fourth-order valence-electron chi connectivity index (χ4n) is 5.29. The number of likely N-dealkylation sites (N-methyl/N-ethyl adjacent to an activating group) is 1. The summed E-state index contributed by atoms with van der Waals surface area (Å²) in [6.07, 6.45) is 12.5. The number of hydrazine groups is 1. The Balaban J connectivity index is 1.65. The van der Waals surface area contributed by atoms with Crippen LogP contribution in [0.4, 0.5) is 0 Å². The van der Waals surface area contributed by atoms with Gasteiger partial charge in [-0.25, -0.2) is 10.0 Å². The van der Waals surface area contributed by atoms with Gasteiger partial charge in [0.2, 0.25) is 11.8 Å². The van der Waals surface area contributed by atoms with Crippen LogP contribution in [0.3, 0.4) is 0 Å². The first-order valence-corrected chi connectivity index (χ1v) is 10.3. The Morgan fingerprint density at radius 2 is 1.62 bits per heavy atom. The van der Waals surface area contributed by atoms with Crippen molar-refractivity contribution in [2.45, 2.75) is 69.6 Å². The second-order valence-electron chi connectivity index (χ2n) is 8.36. The summed E-state index contributed by atoms with van der Waals surface area (Å²) in [7, 11) is 1.58. The second kappa shape index (κ2) is 7.41. The Hall–Kier alpha value is -1.24. The molecule has 0 spiro atoms. The van der Waals surface area contributed by atoms with Gasteiger partial charge in [-0.2, -0.15) is 0 Å². The van der Waals surface area contributed by atoms with Crippen LogP contribution in [-0.2, 0) is 9.59 Å². The average Bonchev–Trinajstić information content (AvgIpc) is 2.92. The Morgan fingerprint density at radius 1 is 0.962 bits per heavy atom. The molecule has 26 heavy (non-hydrogen) atoms. The highest BCUT2D eigenvalue weighted by atomic mass is 16.3. The number of aliphatic hydroxyl groups is 1. The van der Waals surface area contributed by atoms with Crippen LogP contribution in [0.2, 0.25) is 0 Å². The lowest BCUT2D eigenvalue weighted by Gasteiger charge is -2.49. The lowest BCUT2D eigenvalue weighted by molar-refractivity contribution is -0.158. The topological polar surface area (TPSA) is 64.1 Å². The number of imide groups is 1. The molecule has 2 saturated heterocycles. The number of rotatable bonds is 3. The Kier molecular flexibility index (Phi) is 5.17. The highest BCUT2D eigenvalue weighted by molar-refractivity contribution is 6.07. The zero-order valence-corrected chi connectivity index (χ0v) is 15.7. The molecule has 3 heterocycles. The third-order valence-corrected chi connectivity index (χ3v) is 6.79. The number of aliphatic hydroxyl groups excluding tert-OH is 1. The fourth-order valence-corrected chi connectivity index (χ4v) is 5.29. The maximum Gasteiger partial charge on any atom is 0.248 e. The van der Waals surface area contributed by atoms with E-state index >= 15 is 0 Å². The predicted octanol–water partition coefficient (Wildman–Crippen LogP) is 1.55. The monoisotopic (exact) mass is 361 g/mol. The molecule has 3 fully saturated rings. The van der Waals surface area contributed by atoms with Crippen LogP contribution >= 0.6 is 0 Å². The molecule has 0 radical (unpaired) electrons. The van der Waals surface area contributed by atoms with Crippen molar-refractivity contribution in [1.82, 2.24) is 14.9 Å². The van der Waals surface area contributed by atoms with Gasteiger partial charge in [-0.3, -0.25) is 14.5 Å². The van der Waals surface area contributed by atoms with E-state index in [1.165, 1.54) is 30.6 Å². The molecule has 4 rings (SSSR count). The molecule has 4 atom stereocenters. The van der Waals surface area contributed by atoms with Gasteiger partial charge in [0.15, 0.2) is 0 Å². The molecule has 6 nitrogen and oxygen atoms in total. The van der Waals surface area contributed by atoms with E-state index in [1.807, 2.05) is 12.2 Å². The number of hydrogen-bond acceptors (Lipinski definition) is 5. The number of likely N-dealkylation sites (tertiary alicyclic amines) is 1. The SMILES string of the molecule is CN1C(=O)C2C=CC(C(O)C3CCCCC3)N(N3CCCCC3)C2C1=O. The van der Waals surface area contributed by atoms with E-state index < -0.39 is 18.1 Å². The molecule has 1 saturated carbocycles. The third kappa shape index (κ3) is 3.02. The van der Waals surface area contributed by atoms with Crippen molar-refractivity contribution in [3.8, 4) is 0 Å². The van der Waals surface area contributed by atoms with E-state index in [-0.39, 0.29) is 23.8 Å². The molecule has 1 N–H and O–H groups in total. The lowest BCUT2D eigenvalue weighted by Crippen LogP contribution is -2.63. The van der Waals surface area contributed by atoms with Gasteiger partial charge < -0.3 is 5.11 Å². The van der Waals surface area contributed by atoms with Crippen LogP contribution < -0.4 is 0 Å². The van der Waals surface area contributed by atoms with E-state index in [4.69, 9.17) is 0 Å². The smallest absolute Gasteiger partial charge is 0.248 e. The molecule has 0 bridgehead atoms. The molecular formula is C20H31N3O3. The number of fused-ring (bicyclic) bond motifs is 1. The van der Waals surface area contributed by atoms with Crippen molar-refractivity contribution in [2.24, 2.45) is 11.8 Å². The van der Waals surface area contributed by atoms with Crippen LogP contribution in [0.25, 0.3) is 0 Å². The van der Waals surface area contributed by atoms with Crippen molar-refractivity contribution in [1.29, 1.82) is 0 Å². The number of piperidine rings is 1. The summed E-state index contributed by atoms with van der Waals surface area (Å²) in [6.45, 7) is 1.80. The highest BCUT2D eigenvalue weighted by Gasteiger charge is 2.54. The van der Waals surface area contributed by atoms with Crippen LogP contribution in [-0.4, -0.2) is 70.2 Å². The summed E-state index contributed by atoms with van der Waals surface area (Å²) in [5.74, 6) is -0.379. The molecule has 1 aliphatic carbocycles. The molecular weight excluding hydrogens is 330 g/mol. The molecule has 0 aromatic heterocycles. The number of carbonyl (C=O) groups is 2. The first-order valence-electron chi connectivity index (χ1n) is 10.3. The highest BCUT2D eigenvalue weighted by Crippen LogP contribution is 2.37. The largest absolute Gasteiger partial charge is 0.391 e. The van der Waals surface area contributed by atoms with Gasteiger partial charge in [-0.1, -0.05) is 37.8 Å². The van der Waals surface area contributed by atoms with Crippen LogP contribution in [0.15, 0.2) is 12.2 Å². The van der Waals surface area contributed by atoms with Gasteiger partial charge in [-0.15, -0.1) is 0 Å². The Labute approximate surface area is 155 Å². The lowest BCUT2D eigenvalue weighted by atomic mass is 9.80. The van der Waals surface area contributed by atoms with Gasteiger partial charge in [0.1, 0.15) is 6.04 Å². The molecule has 0 aromatic carbocycles. The maximum absolute atomic E-state index is 12.9. The number of carbonyl (C=O) groups excluding carboxylic acids is 2. The maximum atomic E-state index is 12.9. The van der Waals surface area contributed by atoms with Crippen LogP contribution in [0, 0.1) is 11.8 Å². The second-order valence-corrected chi connectivity index (χ2v) is 8.36. The Morgan fingerprint density at radius 3 is 2.31 bits per heavy atom. The van der Waals surface area contributed by atoms with E-state index in [1.54, 1.807) is 7.05 Å². The minimum absolute atomic E-state index is 0.121. The standard InChI is InChI=1S/C20H31N3O3/c1-21-19(25)15-10-11-16(18(24)14-8-4-2-5-9-14)23(17(15)20(21)26)22-12-6-3-7-13-22/h10-11,14-18,24H,2-9,12-13H2,1H3. The number of nitrogens with zero attached hydrogens (tertiary/aromatic N) is 3. The van der Waals surface area contributed by atoms with Gasteiger partial charge in [-0.05, 0) is 31.6 Å². The zero-order chi connectivity index (χ0) is 18.3. The normalized spacial score (nSPS) is 35.8. The molecule has 144 valence electrons. The third-order valence-electron chi connectivity index (χ3n) is 6.79. The minimum atomic E-state index is -0.487. The van der Waals surface area contributed by atoms with E-state index in [2.05, 4.69) is 10.0 Å². The van der Waals surface area contributed by atoms with Gasteiger partial charge in [0, 0.05) is 20.1 Å². The first kappa shape index (κ1) is 18.1. The Bertz CT molecular complexity index is 581. The number of amides is 2. The summed E-state index contributed by atoms with van der Waals surface area (Å²) < 4.78 is 0. The summed E-state index contributed by atoms with van der Waals surface area (Å²) >= 11 is 0. The van der Waals surface area contributed by atoms with Gasteiger partial charge in [0.05, 0.1) is 18.1 Å². The van der Waals surface area contributed by atoms with E-state index in [9.17, 15) is 14.7 Å². The van der Waals surface area contributed by atoms with Gasteiger partial charge >= 0.3 is 0 Å². The first-order chi connectivity index (χ1) is 12.6.